The van der Waals surface area contributed by atoms with Gasteiger partial charge in [0.15, 0.2) is 0 Å². The summed E-state index contributed by atoms with van der Waals surface area (Å²) < 4.78 is 2.70. The average Bonchev–Trinajstić information content (AvgIpc) is 2.32. The Hall–Kier alpha value is -0.570. The van der Waals surface area contributed by atoms with Crippen molar-refractivity contribution in [3.05, 3.63) is 55.8 Å². The van der Waals surface area contributed by atoms with Crippen molar-refractivity contribution in [1.29, 1.82) is 0 Å². The summed E-state index contributed by atoms with van der Waals surface area (Å²) in [4.78, 5) is 0. The van der Waals surface area contributed by atoms with Crippen molar-refractivity contribution < 1.29 is 21.2 Å². The van der Waals surface area contributed by atoms with Gasteiger partial charge < -0.3 is 0 Å². The molecule has 0 saturated heterocycles. The molecule has 0 aliphatic heterocycles. The van der Waals surface area contributed by atoms with Gasteiger partial charge in [-0.3, -0.25) is 0 Å². The standard InChI is InChI=1S/C16H24I/c1-7-13(3)9-11-15(5)17-16(6)12-10-14(4)8-2/h9-12H,3,5,7-8H2,1-2,4,6H3/q-1/b11-9-,14-10+,16-12+. The molecule has 17 heavy (non-hydrogen) atoms. The van der Waals surface area contributed by atoms with Gasteiger partial charge in [0.1, 0.15) is 0 Å². The molecule has 0 aliphatic rings. The summed E-state index contributed by atoms with van der Waals surface area (Å²) in [6, 6.07) is 0. The molecule has 1 heteroatoms. The molecule has 0 saturated carbocycles. The fraction of sp³-hybridized carbons (Fsp3) is 0.375. The molecule has 0 aromatic rings. The van der Waals surface area contributed by atoms with Crippen LogP contribution in [0.5, 0.6) is 0 Å². The van der Waals surface area contributed by atoms with Crippen LogP contribution in [0.15, 0.2) is 55.8 Å². The van der Waals surface area contributed by atoms with Crippen molar-refractivity contribution in [1.82, 2.24) is 0 Å². The summed E-state index contributed by atoms with van der Waals surface area (Å²) >= 11 is -0.0811. The summed E-state index contributed by atoms with van der Waals surface area (Å²) in [5, 5.41) is 0. The quantitative estimate of drug-likeness (QED) is 0.492. The fourth-order valence-corrected chi connectivity index (χ4v) is 2.77. The van der Waals surface area contributed by atoms with Gasteiger partial charge in [-0.1, -0.05) is 0 Å². The van der Waals surface area contributed by atoms with Crippen molar-refractivity contribution in [2.75, 3.05) is 0 Å². The van der Waals surface area contributed by atoms with Gasteiger partial charge in [-0.25, -0.2) is 0 Å². The summed E-state index contributed by atoms with van der Waals surface area (Å²) in [5.41, 5.74) is 2.59. The van der Waals surface area contributed by atoms with E-state index in [2.05, 4.69) is 65.2 Å². The molecule has 0 radical (unpaired) electrons. The molecule has 96 valence electrons. The van der Waals surface area contributed by atoms with Crippen LogP contribution in [0.3, 0.4) is 0 Å². The van der Waals surface area contributed by atoms with Crippen LogP contribution in [0.4, 0.5) is 0 Å². The van der Waals surface area contributed by atoms with Gasteiger partial charge in [0.05, 0.1) is 0 Å². The van der Waals surface area contributed by atoms with Crippen LogP contribution < -0.4 is 21.2 Å². The summed E-state index contributed by atoms with van der Waals surface area (Å²) in [7, 11) is 0. The molecule has 0 heterocycles. The summed E-state index contributed by atoms with van der Waals surface area (Å²) in [6.07, 6.45) is 10.8. The van der Waals surface area contributed by atoms with Crippen LogP contribution in [0.2, 0.25) is 0 Å². The molecule has 0 spiro atoms. The first kappa shape index (κ1) is 16.4. The third kappa shape index (κ3) is 9.16. The SMILES string of the molecule is C=C(/C=C\C(=C)[I-]/C(C)=C/C=C(\C)CC)CC. The molecule has 0 rings (SSSR count). The summed E-state index contributed by atoms with van der Waals surface area (Å²) in [6.45, 7) is 16.7. The van der Waals surface area contributed by atoms with Crippen molar-refractivity contribution in [3.63, 3.8) is 0 Å². The van der Waals surface area contributed by atoms with E-state index in [1.165, 1.54) is 18.3 Å². The van der Waals surface area contributed by atoms with E-state index in [1.807, 2.05) is 0 Å². The van der Waals surface area contributed by atoms with Gasteiger partial charge in [0, 0.05) is 0 Å². The van der Waals surface area contributed by atoms with Gasteiger partial charge in [-0.05, 0) is 0 Å². The van der Waals surface area contributed by atoms with E-state index < -0.39 is 0 Å². The van der Waals surface area contributed by atoms with Gasteiger partial charge in [0.25, 0.3) is 0 Å². The Labute approximate surface area is 117 Å². The van der Waals surface area contributed by atoms with E-state index in [-0.39, 0.29) is 21.2 Å². The van der Waals surface area contributed by atoms with Gasteiger partial charge in [-0.15, -0.1) is 0 Å². The van der Waals surface area contributed by atoms with E-state index in [9.17, 15) is 0 Å². The monoisotopic (exact) mass is 343 g/mol. The number of allylic oxidation sites excluding steroid dienone is 8. The molecule has 0 unspecified atom stereocenters. The first-order chi connectivity index (χ1) is 7.99. The summed E-state index contributed by atoms with van der Waals surface area (Å²) in [5.74, 6) is 0. The van der Waals surface area contributed by atoms with E-state index in [4.69, 9.17) is 0 Å². The Morgan fingerprint density at radius 1 is 1.00 bits per heavy atom. The minimum atomic E-state index is -0.0811. The van der Waals surface area contributed by atoms with Crippen LogP contribution in [-0.4, -0.2) is 0 Å². The molecular weight excluding hydrogens is 319 g/mol. The zero-order valence-corrected chi connectivity index (χ0v) is 13.7. The molecule has 0 N–H and O–H groups in total. The first-order valence-electron chi connectivity index (χ1n) is 6.03. The Kier molecular flexibility index (Phi) is 9.14. The first-order valence-corrected chi connectivity index (χ1v) is 8.19. The molecule has 0 atom stereocenters. The second-order valence-corrected chi connectivity index (χ2v) is 7.63. The Morgan fingerprint density at radius 2 is 1.65 bits per heavy atom. The van der Waals surface area contributed by atoms with Crippen LogP contribution in [0, 0.1) is 0 Å². The zero-order chi connectivity index (χ0) is 13.3. The van der Waals surface area contributed by atoms with Crippen LogP contribution >= 0.6 is 0 Å². The zero-order valence-electron chi connectivity index (χ0n) is 11.5. The van der Waals surface area contributed by atoms with Crippen LogP contribution in [0.1, 0.15) is 40.5 Å². The second-order valence-electron chi connectivity index (χ2n) is 4.01. The van der Waals surface area contributed by atoms with Crippen molar-refractivity contribution in [3.8, 4) is 0 Å². The molecule has 0 nitrogen and oxygen atoms in total. The number of hydrogen-bond acceptors (Lipinski definition) is 0. The maximum atomic E-state index is 4.11. The minimum absolute atomic E-state index is 0.0811. The predicted molar refractivity (Wildman–Crippen MR) is 75.5 cm³/mol. The maximum absolute atomic E-state index is 4.11. The predicted octanol–water partition coefficient (Wildman–Crippen LogP) is 2.37. The van der Waals surface area contributed by atoms with E-state index >= 15 is 0 Å². The van der Waals surface area contributed by atoms with E-state index in [1.54, 1.807) is 0 Å². The van der Waals surface area contributed by atoms with Crippen LogP contribution in [0.25, 0.3) is 0 Å². The van der Waals surface area contributed by atoms with E-state index in [0.717, 1.165) is 12.8 Å². The van der Waals surface area contributed by atoms with Gasteiger partial charge in [0.2, 0.25) is 0 Å². The number of hydrogen-bond donors (Lipinski definition) is 0. The van der Waals surface area contributed by atoms with Crippen molar-refractivity contribution in [2.45, 2.75) is 40.5 Å². The molecule has 0 fully saturated rings. The van der Waals surface area contributed by atoms with Gasteiger partial charge in [-0.2, -0.15) is 0 Å². The van der Waals surface area contributed by atoms with Crippen molar-refractivity contribution in [2.24, 2.45) is 0 Å². The molecule has 0 aromatic carbocycles. The Bertz CT molecular complexity index is 354. The van der Waals surface area contributed by atoms with Crippen molar-refractivity contribution >= 4 is 0 Å². The normalized spacial score (nSPS) is 13.4. The Morgan fingerprint density at radius 3 is 2.18 bits per heavy atom. The Balaban J connectivity index is 4.30. The number of rotatable bonds is 7. The molecular formula is C16H24I-. The second kappa shape index (κ2) is 9.46. The van der Waals surface area contributed by atoms with E-state index in [0.29, 0.717) is 0 Å². The average molecular weight is 343 g/mol. The number of halogens is 1. The fourth-order valence-electron chi connectivity index (χ4n) is 0.956. The molecule has 0 amide bonds. The molecule has 0 aliphatic carbocycles. The topological polar surface area (TPSA) is 0 Å². The third-order valence-electron chi connectivity index (χ3n) is 2.38. The van der Waals surface area contributed by atoms with Crippen LogP contribution in [-0.2, 0) is 0 Å². The van der Waals surface area contributed by atoms with Gasteiger partial charge >= 0.3 is 118 Å². The third-order valence-corrected chi connectivity index (χ3v) is 4.64. The molecule has 0 aromatic heterocycles. The molecule has 0 bridgehead atoms.